The molecule has 0 atom stereocenters. The van der Waals surface area contributed by atoms with Crippen molar-refractivity contribution in [2.45, 2.75) is 6.54 Å². The van der Waals surface area contributed by atoms with E-state index in [1.807, 2.05) is 6.07 Å². The van der Waals surface area contributed by atoms with Crippen LogP contribution < -0.4 is 0 Å². The minimum atomic E-state index is -0.344. The molecule has 4 heteroatoms. The molecule has 0 saturated carbocycles. The molecular weight excluding hydrogens is 183 g/mol. The molecule has 0 amide bonds. The quantitative estimate of drug-likeness (QED) is 0.687. The van der Waals surface area contributed by atoms with Gasteiger partial charge in [0.15, 0.2) is 0 Å². The van der Waals surface area contributed by atoms with Crippen molar-refractivity contribution in [3.05, 3.63) is 35.1 Å². The van der Waals surface area contributed by atoms with E-state index >= 15 is 0 Å². The second kappa shape index (κ2) is 4.70. The molecule has 0 aliphatic rings. The Kier molecular flexibility index (Phi) is 3.57. The van der Waals surface area contributed by atoms with Crippen molar-refractivity contribution in [1.82, 2.24) is 5.06 Å². The second-order valence-electron chi connectivity index (χ2n) is 2.88. The molecule has 3 nitrogen and oxygen atoms in total. The Hall–Kier alpha value is -1.44. The van der Waals surface area contributed by atoms with Gasteiger partial charge in [-0.15, -0.1) is 0 Å². The number of halogens is 1. The van der Waals surface area contributed by atoms with Gasteiger partial charge in [-0.2, -0.15) is 10.3 Å². The summed E-state index contributed by atoms with van der Waals surface area (Å²) in [6.07, 6.45) is 0. The van der Waals surface area contributed by atoms with Crippen molar-refractivity contribution in [3.63, 3.8) is 0 Å². The number of nitrogens with zero attached hydrogens (tertiary/aromatic N) is 2. The smallest absolute Gasteiger partial charge is 0.123 e. The first kappa shape index (κ1) is 10.6. The molecule has 0 aliphatic carbocycles. The predicted molar refractivity (Wildman–Crippen MR) is 49.6 cm³/mol. The third kappa shape index (κ3) is 2.52. The number of hydrogen-bond acceptors (Lipinski definition) is 3. The minimum absolute atomic E-state index is 0.344. The highest BCUT2D eigenvalue weighted by Crippen LogP contribution is 2.12. The molecule has 0 aliphatic heterocycles. The Morgan fingerprint density at radius 1 is 1.57 bits per heavy atom. The van der Waals surface area contributed by atoms with Crippen molar-refractivity contribution in [1.29, 1.82) is 5.26 Å². The Labute approximate surface area is 82.3 Å². The largest absolute Gasteiger partial charge is 0.302 e. The fourth-order valence-corrected chi connectivity index (χ4v) is 1.11. The van der Waals surface area contributed by atoms with E-state index < -0.39 is 0 Å². The normalized spacial score (nSPS) is 10.2. The van der Waals surface area contributed by atoms with Crippen LogP contribution in [0, 0.1) is 17.1 Å². The summed E-state index contributed by atoms with van der Waals surface area (Å²) in [5.74, 6) is -0.344. The summed E-state index contributed by atoms with van der Waals surface area (Å²) < 4.78 is 12.9. The molecule has 0 unspecified atom stereocenters. The number of benzene rings is 1. The molecule has 1 aromatic rings. The minimum Gasteiger partial charge on any atom is -0.302 e. The van der Waals surface area contributed by atoms with Crippen LogP contribution in [0.3, 0.4) is 0 Å². The van der Waals surface area contributed by atoms with Gasteiger partial charge in [-0.25, -0.2) is 4.39 Å². The fraction of sp³-hybridized carbons (Fsp3) is 0.300. The van der Waals surface area contributed by atoms with E-state index in [2.05, 4.69) is 0 Å². The zero-order valence-corrected chi connectivity index (χ0v) is 8.12. The van der Waals surface area contributed by atoms with Gasteiger partial charge in [0.2, 0.25) is 0 Å². The molecule has 0 heterocycles. The van der Waals surface area contributed by atoms with Gasteiger partial charge in [-0.1, -0.05) is 0 Å². The van der Waals surface area contributed by atoms with E-state index in [0.717, 1.165) is 0 Å². The highest BCUT2D eigenvalue weighted by atomic mass is 19.1. The average Bonchev–Trinajstić information content (AvgIpc) is 2.18. The molecule has 1 rings (SSSR count). The van der Waals surface area contributed by atoms with Gasteiger partial charge < -0.3 is 4.84 Å². The van der Waals surface area contributed by atoms with Crippen LogP contribution in [0.4, 0.5) is 4.39 Å². The molecule has 0 radical (unpaired) electrons. The molecule has 0 aromatic heterocycles. The first-order valence-corrected chi connectivity index (χ1v) is 4.11. The lowest BCUT2D eigenvalue weighted by molar-refractivity contribution is -0.116. The molecule has 74 valence electrons. The first-order valence-electron chi connectivity index (χ1n) is 4.11. The van der Waals surface area contributed by atoms with E-state index in [1.54, 1.807) is 7.05 Å². The molecule has 14 heavy (non-hydrogen) atoms. The van der Waals surface area contributed by atoms with E-state index in [4.69, 9.17) is 10.1 Å². The van der Waals surface area contributed by atoms with E-state index in [-0.39, 0.29) is 5.82 Å². The van der Waals surface area contributed by atoms with Crippen molar-refractivity contribution < 1.29 is 9.23 Å². The molecule has 0 fully saturated rings. The van der Waals surface area contributed by atoms with E-state index in [9.17, 15) is 4.39 Å². The second-order valence-corrected chi connectivity index (χ2v) is 2.88. The monoisotopic (exact) mass is 194 g/mol. The van der Waals surface area contributed by atoms with E-state index in [0.29, 0.717) is 17.7 Å². The SMILES string of the molecule is CON(C)Cc1cc(F)ccc1C#N. The van der Waals surface area contributed by atoms with Crippen LogP contribution in [-0.4, -0.2) is 19.2 Å². The number of hydrogen-bond donors (Lipinski definition) is 0. The summed E-state index contributed by atoms with van der Waals surface area (Å²) in [5.41, 5.74) is 1.09. The van der Waals surface area contributed by atoms with Gasteiger partial charge in [0, 0.05) is 7.05 Å². The lowest BCUT2D eigenvalue weighted by Crippen LogP contribution is -2.16. The van der Waals surface area contributed by atoms with Crippen LogP contribution in [-0.2, 0) is 11.4 Å². The number of rotatable bonds is 3. The number of hydroxylamine groups is 2. The third-order valence-electron chi connectivity index (χ3n) is 1.89. The van der Waals surface area contributed by atoms with Crippen LogP contribution in [0.25, 0.3) is 0 Å². The highest BCUT2D eigenvalue weighted by molar-refractivity contribution is 5.37. The van der Waals surface area contributed by atoms with Gasteiger partial charge in [0.05, 0.1) is 25.3 Å². The summed E-state index contributed by atoms with van der Waals surface area (Å²) in [6, 6.07) is 6.08. The summed E-state index contributed by atoms with van der Waals surface area (Å²) >= 11 is 0. The van der Waals surface area contributed by atoms with Gasteiger partial charge in [-0.05, 0) is 23.8 Å². The zero-order valence-electron chi connectivity index (χ0n) is 8.12. The van der Waals surface area contributed by atoms with Gasteiger partial charge >= 0.3 is 0 Å². The molecule has 0 N–H and O–H groups in total. The maximum atomic E-state index is 12.9. The zero-order chi connectivity index (χ0) is 10.6. The third-order valence-corrected chi connectivity index (χ3v) is 1.89. The van der Waals surface area contributed by atoms with Crippen LogP contribution in [0.15, 0.2) is 18.2 Å². The van der Waals surface area contributed by atoms with E-state index in [1.165, 1.54) is 30.4 Å². The van der Waals surface area contributed by atoms with Crippen LogP contribution in [0.1, 0.15) is 11.1 Å². The summed E-state index contributed by atoms with van der Waals surface area (Å²) in [5, 5.41) is 10.3. The molecular formula is C10H11FN2O. The standard InChI is InChI=1S/C10H11FN2O/c1-13(14-2)7-9-5-10(11)4-3-8(9)6-12/h3-5H,7H2,1-2H3. The summed E-state index contributed by atoms with van der Waals surface area (Å²) in [7, 11) is 3.23. The first-order chi connectivity index (χ1) is 6.67. The Balaban J connectivity index is 2.94. The predicted octanol–water partition coefficient (Wildman–Crippen LogP) is 1.69. The van der Waals surface area contributed by atoms with Gasteiger partial charge in [-0.3, -0.25) is 0 Å². The van der Waals surface area contributed by atoms with Gasteiger partial charge in [0.1, 0.15) is 5.82 Å². The molecule has 0 spiro atoms. The van der Waals surface area contributed by atoms with Crippen molar-refractivity contribution in [2.24, 2.45) is 0 Å². The van der Waals surface area contributed by atoms with Crippen LogP contribution in [0.5, 0.6) is 0 Å². The van der Waals surface area contributed by atoms with Crippen molar-refractivity contribution in [3.8, 4) is 6.07 Å². The molecule has 0 saturated heterocycles. The molecule has 0 bridgehead atoms. The van der Waals surface area contributed by atoms with Crippen LogP contribution >= 0.6 is 0 Å². The van der Waals surface area contributed by atoms with Crippen molar-refractivity contribution >= 4 is 0 Å². The topological polar surface area (TPSA) is 36.3 Å². The van der Waals surface area contributed by atoms with Gasteiger partial charge in [0.25, 0.3) is 0 Å². The lowest BCUT2D eigenvalue weighted by atomic mass is 10.1. The maximum absolute atomic E-state index is 12.9. The Bertz CT molecular complexity index is 360. The summed E-state index contributed by atoms with van der Waals surface area (Å²) in [6.45, 7) is 0.386. The Morgan fingerprint density at radius 3 is 2.86 bits per heavy atom. The fourth-order valence-electron chi connectivity index (χ4n) is 1.11. The molecule has 1 aromatic carbocycles. The number of nitriles is 1. The Morgan fingerprint density at radius 2 is 2.29 bits per heavy atom. The lowest BCUT2D eigenvalue weighted by Gasteiger charge is -2.14. The average molecular weight is 194 g/mol. The maximum Gasteiger partial charge on any atom is 0.123 e. The summed E-state index contributed by atoms with van der Waals surface area (Å²) in [4.78, 5) is 4.89. The van der Waals surface area contributed by atoms with Crippen molar-refractivity contribution in [2.75, 3.05) is 14.2 Å². The van der Waals surface area contributed by atoms with Crippen LogP contribution in [0.2, 0.25) is 0 Å². The highest BCUT2D eigenvalue weighted by Gasteiger charge is 2.06.